The van der Waals surface area contributed by atoms with Gasteiger partial charge in [-0.2, -0.15) is 0 Å². The number of carbonyl (C=O) groups excluding carboxylic acids is 1. The predicted molar refractivity (Wildman–Crippen MR) is 70.2 cm³/mol. The molecule has 92 valence electrons. The molecule has 2 rings (SSSR count). The fraction of sp³-hybridized carbons (Fsp3) is 0.500. The van der Waals surface area contributed by atoms with Crippen LogP contribution in [-0.2, 0) is 11.3 Å². The summed E-state index contributed by atoms with van der Waals surface area (Å²) in [6.07, 6.45) is 2.98. The third kappa shape index (κ3) is 3.30. The number of benzene rings is 1. The first-order valence-corrected chi connectivity index (χ1v) is 6.51. The van der Waals surface area contributed by atoms with Gasteiger partial charge in [-0.25, -0.2) is 0 Å². The van der Waals surface area contributed by atoms with E-state index in [1.54, 1.807) is 6.92 Å². The molecule has 1 unspecified atom stereocenters. The van der Waals surface area contributed by atoms with Crippen LogP contribution in [0.2, 0.25) is 5.02 Å². The van der Waals surface area contributed by atoms with Crippen LogP contribution in [0.4, 0.5) is 0 Å². The second-order valence-electron chi connectivity index (χ2n) is 4.76. The number of rotatable bonds is 4. The maximum Gasteiger partial charge on any atom is 0.131 e. The van der Waals surface area contributed by atoms with Gasteiger partial charge in [0.05, 0.1) is 0 Å². The zero-order valence-corrected chi connectivity index (χ0v) is 10.9. The highest BCUT2D eigenvalue weighted by atomic mass is 35.5. The predicted octanol–water partition coefficient (Wildman–Crippen LogP) is 3.28. The van der Waals surface area contributed by atoms with E-state index in [9.17, 15) is 4.79 Å². The molecule has 1 aliphatic rings. The zero-order chi connectivity index (χ0) is 12.3. The van der Waals surface area contributed by atoms with Crippen molar-refractivity contribution in [3.63, 3.8) is 0 Å². The second-order valence-corrected chi connectivity index (χ2v) is 5.17. The van der Waals surface area contributed by atoms with Crippen molar-refractivity contribution in [2.75, 3.05) is 6.54 Å². The largest absolute Gasteiger partial charge is 0.300 e. The van der Waals surface area contributed by atoms with Crippen LogP contribution in [0.15, 0.2) is 24.3 Å². The van der Waals surface area contributed by atoms with Gasteiger partial charge >= 0.3 is 0 Å². The lowest BCUT2D eigenvalue weighted by Crippen LogP contribution is -2.30. The summed E-state index contributed by atoms with van der Waals surface area (Å²) < 4.78 is 0. The number of likely N-dealkylation sites (tertiary alicyclic amines) is 1. The Kier molecular flexibility index (Phi) is 4.19. The Hall–Kier alpha value is -0.860. The molecule has 1 heterocycles. The van der Waals surface area contributed by atoms with E-state index in [2.05, 4.69) is 11.0 Å². The third-order valence-electron chi connectivity index (χ3n) is 3.35. The Morgan fingerprint density at radius 1 is 1.47 bits per heavy atom. The van der Waals surface area contributed by atoms with Crippen LogP contribution in [-0.4, -0.2) is 23.3 Å². The smallest absolute Gasteiger partial charge is 0.131 e. The normalized spacial score (nSPS) is 20.7. The number of carbonyl (C=O) groups is 1. The maximum atomic E-state index is 11.2. The van der Waals surface area contributed by atoms with Crippen molar-refractivity contribution in [1.29, 1.82) is 0 Å². The second kappa shape index (κ2) is 5.65. The van der Waals surface area contributed by atoms with Crippen LogP contribution in [0.25, 0.3) is 0 Å². The fourth-order valence-corrected chi connectivity index (χ4v) is 2.71. The minimum absolute atomic E-state index is 0.279. The summed E-state index contributed by atoms with van der Waals surface area (Å²) in [6, 6.07) is 8.35. The van der Waals surface area contributed by atoms with Gasteiger partial charge in [0.25, 0.3) is 0 Å². The lowest BCUT2D eigenvalue weighted by atomic mass is 10.1. The number of ketones is 1. The molecule has 0 saturated carbocycles. The van der Waals surface area contributed by atoms with Gasteiger partial charge in [-0.3, -0.25) is 9.69 Å². The first-order chi connectivity index (χ1) is 8.16. The van der Waals surface area contributed by atoms with Crippen LogP contribution >= 0.6 is 11.6 Å². The molecular formula is C14H18ClNO. The summed E-state index contributed by atoms with van der Waals surface area (Å²) in [5, 5.41) is 0.820. The number of Topliss-reactive ketones (excluding diaryl/α,β-unsaturated/α-hetero) is 1. The lowest BCUT2D eigenvalue weighted by Gasteiger charge is -2.24. The van der Waals surface area contributed by atoms with Gasteiger partial charge in [0.15, 0.2) is 0 Å². The van der Waals surface area contributed by atoms with Gasteiger partial charge in [-0.1, -0.05) is 29.8 Å². The number of halogens is 1. The molecule has 1 saturated heterocycles. The van der Waals surface area contributed by atoms with Gasteiger partial charge in [0.1, 0.15) is 5.78 Å². The molecular weight excluding hydrogens is 234 g/mol. The molecule has 0 bridgehead atoms. The molecule has 1 aromatic rings. The number of hydrogen-bond acceptors (Lipinski definition) is 2. The van der Waals surface area contributed by atoms with Crippen molar-refractivity contribution in [3.05, 3.63) is 34.9 Å². The van der Waals surface area contributed by atoms with E-state index in [-0.39, 0.29) is 5.78 Å². The SMILES string of the molecule is CC(=O)CC1CCCN1Cc1ccccc1Cl. The summed E-state index contributed by atoms with van der Waals surface area (Å²) in [5.74, 6) is 0.279. The van der Waals surface area contributed by atoms with E-state index in [4.69, 9.17) is 11.6 Å². The van der Waals surface area contributed by atoms with Crippen LogP contribution in [0.5, 0.6) is 0 Å². The molecule has 0 aliphatic carbocycles. The summed E-state index contributed by atoms with van der Waals surface area (Å²) >= 11 is 6.16. The van der Waals surface area contributed by atoms with Crippen LogP contribution in [0, 0.1) is 0 Å². The fourth-order valence-electron chi connectivity index (χ4n) is 2.51. The molecule has 1 atom stereocenters. The first-order valence-electron chi connectivity index (χ1n) is 6.13. The van der Waals surface area contributed by atoms with Crippen molar-refractivity contribution in [1.82, 2.24) is 4.90 Å². The third-order valence-corrected chi connectivity index (χ3v) is 3.72. The minimum Gasteiger partial charge on any atom is -0.300 e. The quantitative estimate of drug-likeness (QED) is 0.819. The average molecular weight is 252 g/mol. The van der Waals surface area contributed by atoms with E-state index in [1.807, 2.05) is 18.2 Å². The Labute approximate surface area is 108 Å². The van der Waals surface area contributed by atoms with E-state index in [0.29, 0.717) is 12.5 Å². The molecule has 1 aromatic carbocycles. The Morgan fingerprint density at radius 2 is 2.24 bits per heavy atom. The highest BCUT2D eigenvalue weighted by Crippen LogP contribution is 2.25. The molecule has 1 fully saturated rings. The van der Waals surface area contributed by atoms with Crippen molar-refractivity contribution in [2.45, 2.75) is 38.8 Å². The molecule has 3 heteroatoms. The van der Waals surface area contributed by atoms with Crippen LogP contribution in [0.3, 0.4) is 0 Å². The van der Waals surface area contributed by atoms with Crippen LogP contribution < -0.4 is 0 Å². The van der Waals surface area contributed by atoms with E-state index < -0.39 is 0 Å². The number of hydrogen-bond donors (Lipinski definition) is 0. The van der Waals surface area contributed by atoms with Crippen molar-refractivity contribution >= 4 is 17.4 Å². The molecule has 0 amide bonds. The zero-order valence-electron chi connectivity index (χ0n) is 10.2. The first kappa shape index (κ1) is 12.6. The van der Waals surface area contributed by atoms with Gasteiger partial charge in [0.2, 0.25) is 0 Å². The molecule has 0 N–H and O–H groups in total. The Bertz CT molecular complexity index is 405. The van der Waals surface area contributed by atoms with Crippen molar-refractivity contribution < 1.29 is 4.79 Å². The van der Waals surface area contributed by atoms with Gasteiger partial charge in [0, 0.05) is 24.0 Å². The van der Waals surface area contributed by atoms with E-state index in [0.717, 1.165) is 30.1 Å². The van der Waals surface area contributed by atoms with Gasteiger partial charge < -0.3 is 0 Å². The monoisotopic (exact) mass is 251 g/mol. The van der Waals surface area contributed by atoms with Crippen LogP contribution in [0.1, 0.15) is 31.7 Å². The lowest BCUT2D eigenvalue weighted by molar-refractivity contribution is -0.118. The van der Waals surface area contributed by atoms with E-state index >= 15 is 0 Å². The molecule has 0 aromatic heterocycles. The minimum atomic E-state index is 0.279. The van der Waals surface area contributed by atoms with Gasteiger partial charge in [-0.15, -0.1) is 0 Å². The van der Waals surface area contributed by atoms with Crippen molar-refractivity contribution in [3.8, 4) is 0 Å². The number of nitrogens with zero attached hydrogens (tertiary/aromatic N) is 1. The molecule has 2 nitrogen and oxygen atoms in total. The summed E-state index contributed by atoms with van der Waals surface area (Å²) in [7, 11) is 0. The highest BCUT2D eigenvalue weighted by molar-refractivity contribution is 6.31. The molecule has 1 aliphatic heterocycles. The molecule has 0 spiro atoms. The Balaban J connectivity index is 2.03. The molecule has 0 radical (unpaired) electrons. The summed E-state index contributed by atoms with van der Waals surface area (Å²) in [5.41, 5.74) is 1.16. The Morgan fingerprint density at radius 3 is 2.94 bits per heavy atom. The summed E-state index contributed by atoms with van der Waals surface area (Å²) in [6.45, 7) is 3.60. The topological polar surface area (TPSA) is 20.3 Å². The van der Waals surface area contributed by atoms with Gasteiger partial charge in [-0.05, 0) is 37.9 Å². The highest BCUT2D eigenvalue weighted by Gasteiger charge is 2.25. The average Bonchev–Trinajstić information content (AvgIpc) is 2.68. The maximum absolute atomic E-state index is 11.2. The van der Waals surface area contributed by atoms with E-state index in [1.165, 1.54) is 6.42 Å². The summed E-state index contributed by atoms with van der Waals surface area (Å²) in [4.78, 5) is 13.6. The van der Waals surface area contributed by atoms with Crippen molar-refractivity contribution in [2.24, 2.45) is 0 Å². The standard InChI is InChI=1S/C14H18ClNO/c1-11(17)9-13-6-4-8-16(13)10-12-5-2-3-7-14(12)15/h2-3,5,7,13H,4,6,8-10H2,1H3. The molecule has 17 heavy (non-hydrogen) atoms.